The minimum absolute atomic E-state index is 0.689. The van der Waals surface area contributed by atoms with E-state index in [-0.39, 0.29) is 0 Å². The van der Waals surface area contributed by atoms with E-state index in [1.807, 2.05) is 24.4 Å². The first-order valence-electron chi connectivity index (χ1n) is 10.5. The Morgan fingerprint density at radius 2 is 1.84 bits per heavy atom. The van der Waals surface area contributed by atoms with Crippen LogP contribution >= 0.6 is 11.3 Å². The Morgan fingerprint density at radius 3 is 2.61 bits per heavy atom. The van der Waals surface area contributed by atoms with Crippen LogP contribution in [-0.2, 0) is 17.8 Å². The molecule has 31 heavy (non-hydrogen) atoms. The van der Waals surface area contributed by atoms with Crippen LogP contribution in [0.5, 0.6) is 0 Å². The van der Waals surface area contributed by atoms with Crippen molar-refractivity contribution in [2.75, 3.05) is 38.3 Å². The van der Waals surface area contributed by atoms with Gasteiger partial charge in [-0.2, -0.15) is 0 Å². The van der Waals surface area contributed by atoms with Gasteiger partial charge in [-0.3, -0.25) is 9.88 Å². The summed E-state index contributed by atoms with van der Waals surface area (Å²) in [5.74, 6) is 1.82. The van der Waals surface area contributed by atoms with Crippen LogP contribution in [0.15, 0.2) is 60.1 Å². The molecule has 3 aromatic heterocycles. The highest BCUT2D eigenvalue weighted by atomic mass is 32.1. The Balaban J connectivity index is 1.57. The van der Waals surface area contributed by atoms with E-state index in [0.29, 0.717) is 6.54 Å². The van der Waals surface area contributed by atoms with Crippen molar-refractivity contribution in [3.8, 4) is 11.1 Å². The molecule has 0 atom stereocenters. The molecular weight excluding hydrogens is 406 g/mol. The second kappa shape index (κ2) is 9.09. The summed E-state index contributed by atoms with van der Waals surface area (Å²) < 4.78 is 5.49. The van der Waals surface area contributed by atoms with E-state index >= 15 is 0 Å². The third kappa shape index (κ3) is 4.44. The first-order valence-corrected chi connectivity index (χ1v) is 11.4. The predicted octanol–water partition coefficient (Wildman–Crippen LogP) is 4.22. The standard InChI is InChI=1S/C24H25N5OS/c1-28(15-19-9-5-6-10-25-19)23-22-20(18-7-3-2-4-8-18)17-31-24(22)27-21(26-23)16-29-11-13-30-14-12-29/h2-10,17H,11-16H2,1H3. The molecule has 0 unspecified atom stereocenters. The molecule has 0 bridgehead atoms. The molecule has 1 fully saturated rings. The molecule has 4 aromatic rings. The summed E-state index contributed by atoms with van der Waals surface area (Å²) in [5.41, 5.74) is 3.38. The number of pyridine rings is 1. The SMILES string of the molecule is CN(Cc1ccccn1)c1nc(CN2CCOCC2)nc2scc(-c3ccccc3)c12. The Morgan fingerprint density at radius 1 is 1.03 bits per heavy atom. The van der Waals surface area contributed by atoms with Crippen LogP contribution in [0.1, 0.15) is 11.5 Å². The topological polar surface area (TPSA) is 54.4 Å². The van der Waals surface area contributed by atoms with Gasteiger partial charge in [-0.25, -0.2) is 9.97 Å². The summed E-state index contributed by atoms with van der Waals surface area (Å²) in [7, 11) is 2.08. The number of aromatic nitrogens is 3. The van der Waals surface area contributed by atoms with Gasteiger partial charge in [0.15, 0.2) is 0 Å². The summed E-state index contributed by atoms with van der Waals surface area (Å²) in [5, 5.41) is 3.31. The first-order chi connectivity index (χ1) is 15.3. The zero-order valence-corrected chi connectivity index (χ0v) is 18.4. The second-order valence-electron chi connectivity index (χ2n) is 7.72. The number of hydrogen-bond acceptors (Lipinski definition) is 7. The van der Waals surface area contributed by atoms with Gasteiger partial charge in [0, 0.05) is 37.3 Å². The van der Waals surface area contributed by atoms with Crippen LogP contribution in [0.2, 0.25) is 0 Å². The summed E-state index contributed by atoms with van der Waals surface area (Å²) in [6.07, 6.45) is 1.84. The van der Waals surface area contributed by atoms with Crippen molar-refractivity contribution < 1.29 is 4.74 Å². The second-order valence-corrected chi connectivity index (χ2v) is 8.58. The van der Waals surface area contributed by atoms with Gasteiger partial charge in [0.2, 0.25) is 0 Å². The van der Waals surface area contributed by atoms with Crippen molar-refractivity contribution >= 4 is 27.4 Å². The summed E-state index contributed by atoms with van der Waals surface area (Å²) in [6, 6.07) is 16.5. The molecule has 5 rings (SSSR count). The fraction of sp³-hybridized carbons (Fsp3) is 0.292. The van der Waals surface area contributed by atoms with E-state index in [2.05, 4.69) is 57.5 Å². The van der Waals surface area contributed by atoms with Gasteiger partial charge in [-0.15, -0.1) is 11.3 Å². The summed E-state index contributed by atoms with van der Waals surface area (Å²) >= 11 is 1.69. The number of anilines is 1. The van der Waals surface area contributed by atoms with E-state index in [9.17, 15) is 0 Å². The van der Waals surface area contributed by atoms with E-state index < -0.39 is 0 Å². The third-order valence-corrected chi connectivity index (χ3v) is 6.37. The number of nitrogens with zero attached hydrogens (tertiary/aromatic N) is 5. The van der Waals surface area contributed by atoms with E-state index in [0.717, 1.165) is 60.4 Å². The average molecular weight is 432 g/mol. The molecule has 1 saturated heterocycles. The average Bonchev–Trinajstić information content (AvgIpc) is 3.24. The lowest BCUT2D eigenvalue weighted by atomic mass is 10.1. The molecule has 4 heterocycles. The van der Waals surface area contributed by atoms with Crippen molar-refractivity contribution in [3.05, 3.63) is 71.6 Å². The lowest BCUT2D eigenvalue weighted by Gasteiger charge is -2.26. The highest BCUT2D eigenvalue weighted by Gasteiger charge is 2.20. The molecule has 0 spiro atoms. The first kappa shape index (κ1) is 20.1. The number of thiophene rings is 1. The smallest absolute Gasteiger partial charge is 0.146 e. The van der Waals surface area contributed by atoms with Gasteiger partial charge >= 0.3 is 0 Å². The van der Waals surface area contributed by atoms with Crippen molar-refractivity contribution in [2.45, 2.75) is 13.1 Å². The molecule has 1 aromatic carbocycles. The van der Waals surface area contributed by atoms with Gasteiger partial charge in [0.05, 0.1) is 37.4 Å². The Bertz CT molecular complexity index is 1140. The summed E-state index contributed by atoms with van der Waals surface area (Å²) in [4.78, 5) is 20.1. The fourth-order valence-corrected chi connectivity index (χ4v) is 4.87. The highest BCUT2D eigenvalue weighted by molar-refractivity contribution is 7.17. The molecule has 0 saturated carbocycles. The number of benzene rings is 1. The van der Waals surface area contributed by atoms with E-state index in [1.54, 1.807) is 11.3 Å². The van der Waals surface area contributed by atoms with Crippen LogP contribution < -0.4 is 4.90 Å². The Labute approximate surface area is 186 Å². The Hall–Kier alpha value is -2.87. The largest absolute Gasteiger partial charge is 0.379 e. The van der Waals surface area contributed by atoms with Crippen LogP contribution in [0, 0.1) is 0 Å². The molecule has 0 N–H and O–H groups in total. The van der Waals surface area contributed by atoms with Gasteiger partial charge < -0.3 is 9.64 Å². The van der Waals surface area contributed by atoms with Crippen molar-refractivity contribution in [1.29, 1.82) is 0 Å². The Kier molecular flexibility index (Phi) is 5.88. The molecule has 1 aliphatic rings. The van der Waals surface area contributed by atoms with Crippen molar-refractivity contribution in [2.24, 2.45) is 0 Å². The lowest BCUT2D eigenvalue weighted by molar-refractivity contribution is 0.0331. The van der Waals surface area contributed by atoms with Gasteiger partial charge in [-0.05, 0) is 17.7 Å². The minimum Gasteiger partial charge on any atom is -0.379 e. The lowest BCUT2D eigenvalue weighted by Crippen LogP contribution is -2.36. The minimum atomic E-state index is 0.689. The van der Waals surface area contributed by atoms with E-state index in [1.165, 1.54) is 11.1 Å². The van der Waals surface area contributed by atoms with Crippen molar-refractivity contribution in [3.63, 3.8) is 0 Å². The van der Waals surface area contributed by atoms with E-state index in [4.69, 9.17) is 14.7 Å². The van der Waals surface area contributed by atoms with Gasteiger partial charge in [0.1, 0.15) is 16.5 Å². The van der Waals surface area contributed by atoms with Crippen LogP contribution in [0.4, 0.5) is 5.82 Å². The maximum atomic E-state index is 5.49. The number of rotatable bonds is 6. The zero-order chi connectivity index (χ0) is 21.0. The number of hydrogen-bond donors (Lipinski definition) is 0. The molecule has 0 radical (unpaired) electrons. The van der Waals surface area contributed by atoms with Gasteiger partial charge in [0.25, 0.3) is 0 Å². The monoisotopic (exact) mass is 431 g/mol. The number of ether oxygens (including phenoxy) is 1. The molecule has 1 aliphatic heterocycles. The van der Waals surface area contributed by atoms with Crippen LogP contribution in [0.3, 0.4) is 0 Å². The quantitative estimate of drug-likeness (QED) is 0.456. The zero-order valence-electron chi connectivity index (χ0n) is 17.6. The third-order valence-electron chi connectivity index (χ3n) is 5.50. The molecule has 7 heteroatoms. The molecule has 0 amide bonds. The number of fused-ring (bicyclic) bond motifs is 1. The predicted molar refractivity (Wildman–Crippen MR) is 125 cm³/mol. The van der Waals surface area contributed by atoms with Crippen LogP contribution in [-0.4, -0.2) is 53.2 Å². The molecule has 6 nitrogen and oxygen atoms in total. The van der Waals surface area contributed by atoms with Crippen molar-refractivity contribution in [1.82, 2.24) is 19.9 Å². The maximum absolute atomic E-state index is 5.49. The molecular formula is C24H25N5OS. The van der Waals surface area contributed by atoms with Gasteiger partial charge in [-0.1, -0.05) is 36.4 Å². The van der Waals surface area contributed by atoms with Crippen LogP contribution in [0.25, 0.3) is 21.3 Å². The molecule has 0 aliphatic carbocycles. The number of morpholine rings is 1. The maximum Gasteiger partial charge on any atom is 0.146 e. The molecule has 158 valence electrons. The fourth-order valence-electron chi connectivity index (χ4n) is 3.91. The summed E-state index contributed by atoms with van der Waals surface area (Å²) in [6.45, 7) is 4.80. The highest BCUT2D eigenvalue weighted by Crippen LogP contribution is 2.38. The normalized spacial score (nSPS) is 14.7.